The van der Waals surface area contributed by atoms with Crippen LogP contribution in [-0.4, -0.2) is 25.8 Å². The molecule has 4 aromatic rings. The summed E-state index contributed by atoms with van der Waals surface area (Å²) >= 11 is 0. The van der Waals surface area contributed by atoms with Crippen LogP contribution in [0.2, 0.25) is 0 Å². The highest BCUT2D eigenvalue weighted by Gasteiger charge is 2.18. The third-order valence-electron chi connectivity index (χ3n) is 4.84. The minimum Gasteiger partial charge on any atom is -0.383 e. The molecule has 4 rings (SSSR count). The Morgan fingerprint density at radius 2 is 2.00 bits per heavy atom. The second-order valence-corrected chi connectivity index (χ2v) is 7.47. The van der Waals surface area contributed by atoms with Crippen LogP contribution in [0.5, 0.6) is 0 Å². The molecule has 9 nitrogen and oxygen atoms in total. The summed E-state index contributed by atoms with van der Waals surface area (Å²) in [7, 11) is 0. The fourth-order valence-corrected chi connectivity index (χ4v) is 3.27. The van der Waals surface area contributed by atoms with E-state index in [2.05, 4.69) is 26.6 Å². The van der Waals surface area contributed by atoms with Gasteiger partial charge < -0.3 is 10.3 Å². The SMILES string of the molecule is CC(C)n1nc(-c2ccc(CC(=O)Nc3cc(-c4ccccn4)no3)cc2)c(C#N)c1N. The third-order valence-corrected chi connectivity index (χ3v) is 4.84. The van der Waals surface area contributed by atoms with Crippen molar-refractivity contribution >= 4 is 17.6 Å². The van der Waals surface area contributed by atoms with Crippen LogP contribution in [0, 0.1) is 11.3 Å². The number of nitrogen functional groups attached to an aromatic ring is 1. The van der Waals surface area contributed by atoms with Crippen LogP contribution >= 0.6 is 0 Å². The van der Waals surface area contributed by atoms with Crippen LogP contribution in [0.3, 0.4) is 0 Å². The Bertz CT molecular complexity index is 1280. The van der Waals surface area contributed by atoms with E-state index in [1.165, 1.54) is 0 Å². The Morgan fingerprint density at radius 1 is 1.22 bits per heavy atom. The van der Waals surface area contributed by atoms with Crippen molar-refractivity contribution in [2.24, 2.45) is 0 Å². The van der Waals surface area contributed by atoms with Gasteiger partial charge in [-0.3, -0.25) is 15.1 Å². The highest BCUT2D eigenvalue weighted by molar-refractivity contribution is 5.91. The number of nitrogens with two attached hydrogens (primary N) is 1. The van der Waals surface area contributed by atoms with Crippen molar-refractivity contribution in [3.63, 3.8) is 0 Å². The Hall–Kier alpha value is -4.45. The number of nitrogens with zero attached hydrogens (tertiary/aromatic N) is 5. The van der Waals surface area contributed by atoms with E-state index in [-0.39, 0.29) is 24.3 Å². The minimum absolute atomic E-state index is 0.0353. The third kappa shape index (κ3) is 4.20. The summed E-state index contributed by atoms with van der Waals surface area (Å²) in [5.74, 6) is 0.353. The summed E-state index contributed by atoms with van der Waals surface area (Å²) in [5, 5.41) is 20.6. The number of rotatable bonds is 6. The zero-order chi connectivity index (χ0) is 22.7. The fourth-order valence-electron chi connectivity index (χ4n) is 3.27. The summed E-state index contributed by atoms with van der Waals surface area (Å²) in [6.07, 6.45) is 1.81. The smallest absolute Gasteiger partial charge is 0.231 e. The molecule has 0 aliphatic carbocycles. The van der Waals surface area contributed by atoms with Gasteiger partial charge in [-0.05, 0) is 31.5 Å². The Morgan fingerprint density at radius 3 is 2.66 bits per heavy atom. The number of nitriles is 1. The zero-order valence-corrected chi connectivity index (χ0v) is 17.6. The van der Waals surface area contributed by atoms with E-state index >= 15 is 0 Å². The highest BCUT2D eigenvalue weighted by atomic mass is 16.5. The quantitative estimate of drug-likeness (QED) is 0.477. The van der Waals surface area contributed by atoms with Gasteiger partial charge in [0.2, 0.25) is 11.8 Å². The minimum atomic E-state index is -0.243. The largest absolute Gasteiger partial charge is 0.383 e. The van der Waals surface area contributed by atoms with E-state index in [1.807, 2.05) is 50.2 Å². The number of amides is 1. The maximum Gasteiger partial charge on any atom is 0.231 e. The van der Waals surface area contributed by atoms with Gasteiger partial charge in [-0.2, -0.15) is 10.4 Å². The lowest BCUT2D eigenvalue weighted by Gasteiger charge is -2.06. The molecular weight excluding hydrogens is 406 g/mol. The molecule has 0 bridgehead atoms. The predicted molar refractivity (Wildman–Crippen MR) is 119 cm³/mol. The van der Waals surface area contributed by atoms with Gasteiger partial charge in [0.15, 0.2) is 0 Å². The molecule has 1 amide bonds. The van der Waals surface area contributed by atoms with Gasteiger partial charge >= 0.3 is 0 Å². The number of benzene rings is 1. The monoisotopic (exact) mass is 427 g/mol. The van der Waals surface area contributed by atoms with Crippen LogP contribution in [0.4, 0.5) is 11.7 Å². The molecule has 9 heteroatoms. The lowest BCUT2D eigenvalue weighted by Crippen LogP contribution is -2.13. The Balaban J connectivity index is 1.45. The molecule has 0 atom stereocenters. The van der Waals surface area contributed by atoms with E-state index in [0.717, 1.165) is 11.1 Å². The molecule has 160 valence electrons. The second-order valence-electron chi connectivity index (χ2n) is 7.47. The molecule has 32 heavy (non-hydrogen) atoms. The standard InChI is InChI=1S/C23H21N7O2/c1-14(2)30-23(25)17(13-24)22(28-30)16-8-6-15(7-9-16)11-20(31)27-21-12-19(29-32-21)18-5-3-4-10-26-18/h3-10,12,14H,11,25H2,1-2H3,(H,27,31). The fraction of sp³-hybridized carbons (Fsp3) is 0.174. The number of nitrogens with one attached hydrogen (secondary N) is 1. The van der Waals surface area contributed by atoms with E-state index in [1.54, 1.807) is 23.0 Å². The van der Waals surface area contributed by atoms with Crippen molar-refractivity contribution in [2.75, 3.05) is 11.1 Å². The average Bonchev–Trinajstić information content (AvgIpc) is 3.39. The molecule has 0 saturated heterocycles. The lowest BCUT2D eigenvalue weighted by atomic mass is 10.0. The van der Waals surface area contributed by atoms with Crippen LogP contribution in [0.1, 0.15) is 31.0 Å². The molecule has 3 aromatic heterocycles. The summed E-state index contributed by atoms with van der Waals surface area (Å²) in [5.41, 5.74) is 9.69. The molecule has 3 N–H and O–H groups in total. The normalized spacial score (nSPS) is 10.8. The molecule has 0 fully saturated rings. The maximum absolute atomic E-state index is 12.4. The molecule has 0 radical (unpaired) electrons. The lowest BCUT2D eigenvalue weighted by molar-refractivity contribution is -0.115. The zero-order valence-electron chi connectivity index (χ0n) is 17.6. The summed E-state index contributed by atoms with van der Waals surface area (Å²) in [4.78, 5) is 16.6. The van der Waals surface area contributed by atoms with E-state index in [9.17, 15) is 10.1 Å². The molecule has 0 spiro atoms. The Kier molecular flexibility index (Phi) is 5.68. The van der Waals surface area contributed by atoms with Crippen molar-refractivity contribution < 1.29 is 9.32 Å². The number of anilines is 2. The van der Waals surface area contributed by atoms with Gasteiger partial charge in [0.25, 0.3) is 0 Å². The number of hydrogen-bond acceptors (Lipinski definition) is 7. The number of pyridine rings is 1. The molecule has 0 unspecified atom stereocenters. The molecular formula is C23H21N7O2. The van der Waals surface area contributed by atoms with Gasteiger partial charge in [-0.25, -0.2) is 4.68 Å². The molecule has 0 saturated carbocycles. The van der Waals surface area contributed by atoms with Crippen LogP contribution in [0.25, 0.3) is 22.6 Å². The number of carbonyl (C=O) groups excluding carboxylic acids is 1. The first-order valence-electron chi connectivity index (χ1n) is 10.0. The second kappa shape index (κ2) is 8.73. The van der Waals surface area contributed by atoms with E-state index in [0.29, 0.717) is 28.5 Å². The van der Waals surface area contributed by atoms with Gasteiger partial charge in [0.05, 0.1) is 12.1 Å². The average molecular weight is 427 g/mol. The van der Waals surface area contributed by atoms with Gasteiger partial charge in [0.1, 0.15) is 28.8 Å². The topological polar surface area (TPSA) is 136 Å². The molecule has 1 aromatic carbocycles. The molecule has 0 aliphatic rings. The number of aromatic nitrogens is 4. The predicted octanol–water partition coefficient (Wildman–Crippen LogP) is 3.82. The van der Waals surface area contributed by atoms with Crippen LogP contribution < -0.4 is 11.1 Å². The van der Waals surface area contributed by atoms with Crippen molar-refractivity contribution in [3.05, 3.63) is 65.9 Å². The van der Waals surface area contributed by atoms with Crippen molar-refractivity contribution in [1.82, 2.24) is 19.9 Å². The number of hydrogen-bond donors (Lipinski definition) is 2. The highest BCUT2D eigenvalue weighted by Crippen LogP contribution is 2.29. The van der Waals surface area contributed by atoms with Gasteiger partial charge in [0, 0.05) is 23.9 Å². The Labute approximate surface area is 184 Å². The van der Waals surface area contributed by atoms with Crippen molar-refractivity contribution in [3.8, 4) is 28.7 Å². The van der Waals surface area contributed by atoms with Gasteiger partial charge in [-0.15, -0.1) is 0 Å². The summed E-state index contributed by atoms with van der Waals surface area (Å²) < 4.78 is 6.82. The first-order chi connectivity index (χ1) is 15.5. The molecule has 0 aliphatic heterocycles. The first kappa shape index (κ1) is 20.8. The molecule has 3 heterocycles. The van der Waals surface area contributed by atoms with E-state index < -0.39 is 0 Å². The van der Waals surface area contributed by atoms with E-state index in [4.69, 9.17) is 10.3 Å². The van der Waals surface area contributed by atoms with Crippen molar-refractivity contribution in [2.45, 2.75) is 26.3 Å². The van der Waals surface area contributed by atoms with Crippen LogP contribution in [0.15, 0.2) is 59.3 Å². The van der Waals surface area contributed by atoms with Gasteiger partial charge in [-0.1, -0.05) is 35.5 Å². The maximum atomic E-state index is 12.4. The van der Waals surface area contributed by atoms with Crippen molar-refractivity contribution in [1.29, 1.82) is 5.26 Å². The first-order valence-corrected chi connectivity index (χ1v) is 10.0. The summed E-state index contributed by atoms with van der Waals surface area (Å²) in [6, 6.07) is 16.5. The van der Waals surface area contributed by atoms with Crippen LogP contribution in [-0.2, 0) is 11.2 Å². The summed E-state index contributed by atoms with van der Waals surface area (Å²) in [6.45, 7) is 3.90. The number of carbonyl (C=O) groups is 1.